The molecular weight excluding hydrogens is 667 g/mol. The van der Waals surface area contributed by atoms with E-state index in [0.717, 1.165) is 38.5 Å². The van der Waals surface area contributed by atoms with E-state index in [1.54, 1.807) is 6.92 Å². The molecule has 9 nitrogen and oxygen atoms in total. The first-order chi connectivity index (χ1) is 24.4. The molecular formula is C41H79NO8S. The van der Waals surface area contributed by atoms with Crippen molar-refractivity contribution in [2.24, 2.45) is 5.92 Å². The Morgan fingerprint density at radius 2 is 0.941 bits per heavy atom. The smallest absolute Gasteiger partial charge is 0.407 e. The van der Waals surface area contributed by atoms with Crippen LogP contribution in [-0.4, -0.2) is 66.6 Å². The van der Waals surface area contributed by atoms with Crippen LogP contribution in [0, 0.1) is 5.92 Å². The van der Waals surface area contributed by atoms with E-state index in [9.17, 15) is 19.5 Å². The van der Waals surface area contributed by atoms with Gasteiger partial charge in [-0.2, -0.15) is 0 Å². The number of rotatable bonds is 36. The second kappa shape index (κ2) is 33.1. The molecule has 0 aromatic rings. The highest BCUT2D eigenvalue weighted by molar-refractivity contribution is 7.81. The number of carbonyl (C=O) groups is 3. The van der Waals surface area contributed by atoms with Crippen molar-refractivity contribution in [2.75, 3.05) is 33.0 Å². The fourth-order valence-electron chi connectivity index (χ4n) is 5.68. The Morgan fingerprint density at radius 1 is 0.588 bits per heavy atom. The lowest BCUT2D eigenvalue weighted by molar-refractivity contribution is -0.150. The number of aliphatic hydroxyl groups is 1. The SMILES string of the molecule is CCCCCCCCCCCCCC(=O)OCC(COC(=O)CCCCCCCCCCCCC)COC(=O)NCC(C)(C)OCCC(C)(O)S. The van der Waals surface area contributed by atoms with Crippen LogP contribution in [0.5, 0.6) is 0 Å². The Bertz CT molecular complexity index is 806. The predicted octanol–water partition coefficient (Wildman–Crippen LogP) is 10.6. The summed E-state index contributed by atoms with van der Waals surface area (Å²) >= 11 is 4.09. The van der Waals surface area contributed by atoms with Gasteiger partial charge in [-0.15, -0.1) is 12.6 Å². The summed E-state index contributed by atoms with van der Waals surface area (Å²) in [5.41, 5.74) is -0.689. The summed E-state index contributed by atoms with van der Waals surface area (Å²) in [7, 11) is 0. The van der Waals surface area contributed by atoms with E-state index >= 15 is 0 Å². The van der Waals surface area contributed by atoms with E-state index in [1.807, 2.05) is 13.8 Å². The van der Waals surface area contributed by atoms with Gasteiger partial charge in [0.2, 0.25) is 0 Å². The first-order valence-corrected chi connectivity index (χ1v) is 21.1. The van der Waals surface area contributed by atoms with Crippen LogP contribution >= 0.6 is 12.6 Å². The highest BCUT2D eigenvalue weighted by atomic mass is 32.1. The number of hydrogen-bond donors (Lipinski definition) is 3. The Morgan fingerprint density at radius 3 is 1.31 bits per heavy atom. The Kier molecular flexibility index (Phi) is 32.1. The molecule has 0 saturated carbocycles. The molecule has 1 amide bonds. The van der Waals surface area contributed by atoms with Gasteiger partial charge < -0.3 is 29.4 Å². The van der Waals surface area contributed by atoms with Gasteiger partial charge in [-0.1, -0.05) is 142 Å². The molecule has 1 unspecified atom stereocenters. The molecule has 0 bridgehead atoms. The normalized spacial score (nSPS) is 12.9. The lowest BCUT2D eigenvalue weighted by Gasteiger charge is -2.27. The summed E-state index contributed by atoms with van der Waals surface area (Å²) in [4.78, 5) is 36.3. The first-order valence-electron chi connectivity index (χ1n) is 20.7. The summed E-state index contributed by atoms with van der Waals surface area (Å²) in [5.74, 6) is -1.04. The van der Waals surface area contributed by atoms with Crippen molar-refractivity contribution in [1.82, 2.24) is 5.32 Å². The van der Waals surface area contributed by atoms with Gasteiger partial charge in [0.25, 0.3) is 0 Å². The van der Waals surface area contributed by atoms with Gasteiger partial charge in [0.15, 0.2) is 0 Å². The molecule has 0 aliphatic rings. The molecule has 2 N–H and O–H groups in total. The van der Waals surface area contributed by atoms with Crippen molar-refractivity contribution in [3.05, 3.63) is 0 Å². The Balaban J connectivity index is 4.53. The highest BCUT2D eigenvalue weighted by Gasteiger charge is 2.23. The maximum absolute atomic E-state index is 12.5. The average molecular weight is 746 g/mol. The van der Waals surface area contributed by atoms with Crippen molar-refractivity contribution >= 4 is 30.7 Å². The summed E-state index contributed by atoms with van der Waals surface area (Å²) in [5, 5.41) is 12.5. The minimum atomic E-state index is -1.13. The van der Waals surface area contributed by atoms with Crippen molar-refractivity contribution in [2.45, 2.75) is 206 Å². The zero-order valence-corrected chi connectivity index (χ0v) is 34.4. The zero-order valence-electron chi connectivity index (χ0n) is 33.5. The van der Waals surface area contributed by atoms with Crippen molar-refractivity contribution in [3.8, 4) is 0 Å². The molecule has 0 rings (SSSR count). The number of amides is 1. The van der Waals surface area contributed by atoms with Crippen LogP contribution in [0.15, 0.2) is 0 Å². The number of unbranched alkanes of at least 4 members (excludes halogenated alkanes) is 20. The highest BCUT2D eigenvalue weighted by Crippen LogP contribution is 2.17. The third-order valence-electron chi connectivity index (χ3n) is 9.11. The molecule has 0 saturated heterocycles. The third-order valence-corrected chi connectivity index (χ3v) is 9.33. The second-order valence-corrected chi connectivity index (χ2v) is 16.3. The molecule has 1 atom stereocenters. The summed E-state index contributed by atoms with van der Waals surface area (Å²) in [6.07, 6.45) is 27.0. The van der Waals surface area contributed by atoms with Gasteiger partial charge in [-0.3, -0.25) is 9.59 Å². The van der Waals surface area contributed by atoms with Gasteiger partial charge in [0.05, 0.1) is 18.1 Å². The molecule has 0 spiro atoms. The fourth-order valence-corrected chi connectivity index (χ4v) is 5.77. The van der Waals surface area contributed by atoms with Crippen LogP contribution in [0.1, 0.15) is 195 Å². The van der Waals surface area contributed by atoms with E-state index in [0.29, 0.717) is 19.3 Å². The number of thiol groups is 1. The van der Waals surface area contributed by atoms with Gasteiger partial charge in [-0.05, 0) is 33.6 Å². The Hall–Kier alpha value is -1.52. The van der Waals surface area contributed by atoms with E-state index in [-0.39, 0.29) is 44.9 Å². The predicted molar refractivity (Wildman–Crippen MR) is 211 cm³/mol. The molecule has 0 heterocycles. The van der Waals surface area contributed by atoms with Crippen molar-refractivity contribution < 1.29 is 38.4 Å². The summed E-state index contributed by atoms with van der Waals surface area (Å²) in [6, 6.07) is 0. The van der Waals surface area contributed by atoms with E-state index in [2.05, 4.69) is 31.8 Å². The van der Waals surface area contributed by atoms with Gasteiger partial charge in [0, 0.05) is 25.8 Å². The number of esters is 2. The minimum absolute atomic E-state index is 0.00806. The fraction of sp³-hybridized carbons (Fsp3) is 0.927. The van der Waals surface area contributed by atoms with Crippen LogP contribution in [0.4, 0.5) is 4.79 Å². The van der Waals surface area contributed by atoms with E-state index in [1.165, 1.54) is 103 Å². The standard InChI is InChI=1S/C41H79NO8S/c1-6-8-10-12-14-16-18-20-22-24-26-28-37(43)47-32-36(34-49-39(45)42-35-40(3,4)50-31-30-41(5,46)51)33-48-38(44)29-27-25-23-21-19-17-15-13-11-9-7-2/h36,46,51H,6-35H2,1-5H3,(H,42,45). The maximum atomic E-state index is 12.5. The minimum Gasteiger partial charge on any atom is -0.465 e. The average Bonchev–Trinajstić information content (AvgIpc) is 3.07. The molecule has 302 valence electrons. The quantitative estimate of drug-likeness (QED) is 0.0191. The molecule has 10 heteroatoms. The molecule has 0 fully saturated rings. The van der Waals surface area contributed by atoms with Crippen LogP contribution in [0.2, 0.25) is 0 Å². The van der Waals surface area contributed by atoms with Gasteiger partial charge in [-0.25, -0.2) is 4.79 Å². The van der Waals surface area contributed by atoms with E-state index in [4.69, 9.17) is 18.9 Å². The van der Waals surface area contributed by atoms with Crippen LogP contribution in [0.25, 0.3) is 0 Å². The van der Waals surface area contributed by atoms with Crippen molar-refractivity contribution in [3.63, 3.8) is 0 Å². The maximum Gasteiger partial charge on any atom is 0.407 e. The lowest BCUT2D eigenvalue weighted by Crippen LogP contribution is -2.42. The third kappa shape index (κ3) is 36.6. The number of nitrogens with one attached hydrogen (secondary N) is 1. The monoisotopic (exact) mass is 746 g/mol. The number of ether oxygens (including phenoxy) is 4. The van der Waals surface area contributed by atoms with Gasteiger partial charge in [0.1, 0.15) is 24.8 Å². The number of alkyl carbamates (subject to hydrolysis) is 1. The molecule has 0 aromatic carbocycles. The largest absolute Gasteiger partial charge is 0.465 e. The molecule has 0 aromatic heterocycles. The van der Waals surface area contributed by atoms with E-state index < -0.39 is 22.5 Å². The summed E-state index contributed by atoms with van der Waals surface area (Å²) in [6.45, 7) is 10.1. The zero-order chi connectivity index (χ0) is 38.1. The van der Waals surface area contributed by atoms with Crippen molar-refractivity contribution in [1.29, 1.82) is 0 Å². The molecule has 0 aliphatic heterocycles. The Labute approximate surface area is 318 Å². The second-order valence-electron chi connectivity index (χ2n) is 15.3. The first kappa shape index (κ1) is 49.5. The van der Waals surface area contributed by atoms with Crippen LogP contribution < -0.4 is 5.32 Å². The van der Waals surface area contributed by atoms with Crippen LogP contribution in [0.3, 0.4) is 0 Å². The lowest BCUT2D eigenvalue weighted by atomic mass is 10.1. The van der Waals surface area contributed by atoms with Gasteiger partial charge >= 0.3 is 18.0 Å². The molecule has 51 heavy (non-hydrogen) atoms. The molecule has 0 aliphatic carbocycles. The number of carbonyl (C=O) groups excluding carboxylic acids is 3. The van der Waals surface area contributed by atoms with Crippen LogP contribution in [-0.2, 0) is 28.5 Å². The topological polar surface area (TPSA) is 120 Å². The number of hydrogen-bond acceptors (Lipinski definition) is 9. The summed E-state index contributed by atoms with van der Waals surface area (Å²) < 4.78 is 22.3. The molecule has 0 radical (unpaired) electrons.